The number of amides is 3. The number of benzene rings is 2. The summed E-state index contributed by atoms with van der Waals surface area (Å²) in [7, 11) is 1.39. The highest BCUT2D eigenvalue weighted by Gasteiger charge is 2.36. The van der Waals surface area contributed by atoms with Gasteiger partial charge in [0.25, 0.3) is 11.1 Å². The molecular formula is C23H21N2O7S-. The molecule has 0 bridgehead atoms. The van der Waals surface area contributed by atoms with Crippen molar-refractivity contribution in [3.8, 4) is 11.5 Å². The molecule has 0 unspecified atom stereocenters. The number of rotatable bonds is 8. The molecule has 0 spiro atoms. The molecule has 1 fully saturated rings. The van der Waals surface area contributed by atoms with Crippen molar-refractivity contribution < 1.29 is 33.8 Å². The predicted molar refractivity (Wildman–Crippen MR) is 121 cm³/mol. The molecule has 2 aromatic rings. The lowest BCUT2D eigenvalue weighted by Crippen LogP contribution is -2.37. The van der Waals surface area contributed by atoms with Gasteiger partial charge in [-0.2, -0.15) is 0 Å². The Balaban J connectivity index is 1.71. The fourth-order valence-electron chi connectivity index (χ4n) is 2.88. The average Bonchev–Trinajstić information content (AvgIpc) is 3.03. The number of aryl methyl sites for hydroxylation is 1. The van der Waals surface area contributed by atoms with E-state index in [-0.39, 0.29) is 16.4 Å². The summed E-state index contributed by atoms with van der Waals surface area (Å²) in [6.45, 7) is 2.84. The van der Waals surface area contributed by atoms with Crippen LogP contribution in [0.4, 0.5) is 10.5 Å². The number of anilines is 1. The van der Waals surface area contributed by atoms with Gasteiger partial charge >= 0.3 is 0 Å². The quantitative estimate of drug-likeness (QED) is 0.584. The number of thioether (sulfide) groups is 1. The molecule has 33 heavy (non-hydrogen) atoms. The van der Waals surface area contributed by atoms with Crippen LogP contribution in [0.1, 0.15) is 18.1 Å². The summed E-state index contributed by atoms with van der Waals surface area (Å²) in [6.07, 6.45) is 0.296. The number of nitrogens with zero attached hydrogens (tertiary/aromatic N) is 1. The first-order chi connectivity index (χ1) is 15.7. The second kappa shape index (κ2) is 10.2. The first-order valence-electron chi connectivity index (χ1n) is 9.85. The summed E-state index contributed by atoms with van der Waals surface area (Å²) in [6, 6.07) is 11.7. The fourth-order valence-corrected chi connectivity index (χ4v) is 3.72. The molecule has 0 aliphatic carbocycles. The minimum Gasteiger partial charge on any atom is -0.546 e. The highest BCUT2D eigenvalue weighted by atomic mass is 32.2. The molecule has 1 aliphatic rings. The third-order valence-corrected chi connectivity index (χ3v) is 5.54. The van der Waals surface area contributed by atoms with Crippen LogP contribution in [0.2, 0.25) is 0 Å². The lowest BCUT2D eigenvalue weighted by molar-refractivity contribution is -0.312. The topological polar surface area (TPSA) is 125 Å². The molecule has 10 heteroatoms. The number of nitrogens with one attached hydrogen (secondary N) is 1. The van der Waals surface area contributed by atoms with E-state index in [4.69, 9.17) is 9.47 Å². The lowest BCUT2D eigenvalue weighted by atomic mass is 10.1. The molecule has 2 aromatic carbocycles. The predicted octanol–water partition coefficient (Wildman–Crippen LogP) is 2.20. The number of methoxy groups -OCH3 is 1. The van der Waals surface area contributed by atoms with Gasteiger partial charge < -0.3 is 24.7 Å². The Hall–Kier alpha value is -3.79. The number of carbonyl (C=O) groups is 4. The highest BCUT2D eigenvalue weighted by Crippen LogP contribution is 2.34. The number of hydrogen-bond donors (Lipinski definition) is 1. The molecule has 9 nitrogen and oxygen atoms in total. The van der Waals surface area contributed by atoms with Gasteiger partial charge in [-0.25, -0.2) is 0 Å². The van der Waals surface area contributed by atoms with E-state index < -0.39 is 35.7 Å². The molecule has 1 atom stereocenters. The zero-order chi connectivity index (χ0) is 24.1. The van der Waals surface area contributed by atoms with E-state index in [9.17, 15) is 24.3 Å². The number of aliphatic carboxylic acids is 1. The zero-order valence-electron chi connectivity index (χ0n) is 18.1. The van der Waals surface area contributed by atoms with Crippen molar-refractivity contribution in [2.24, 2.45) is 0 Å². The fraction of sp³-hybridized carbons (Fsp3) is 0.217. The third kappa shape index (κ3) is 5.92. The van der Waals surface area contributed by atoms with Crippen LogP contribution < -0.4 is 19.9 Å². The molecule has 3 amide bonds. The molecule has 1 heterocycles. The summed E-state index contributed by atoms with van der Waals surface area (Å²) in [4.78, 5) is 49.2. The van der Waals surface area contributed by atoms with Gasteiger partial charge in [-0.05, 0) is 61.5 Å². The van der Waals surface area contributed by atoms with Gasteiger partial charge in [-0.1, -0.05) is 23.8 Å². The van der Waals surface area contributed by atoms with E-state index in [1.54, 1.807) is 18.2 Å². The molecule has 3 rings (SSSR count). The van der Waals surface area contributed by atoms with E-state index in [1.165, 1.54) is 32.2 Å². The van der Waals surface area contributed by atoms with Crippen molar-refractivity contribution in [1.82, 2.24) is 4.90 Å². The van der Waals surface area contributed by atoms with Crippen LogP contribution in [0.5, 0.6) is 11.5 Å². The van der Waals surface area contributed by atoms with Crippen LogP contribution in [0.3, 0.4) is 0 Å². The second-order valence-corrected chi connectivity index (χ2v) is 8.16. The van der Waals surface area contributed by atoms with Gasteiger partial charge in [0.1, 0.15) is 12.6 Å². The Kier molecular flexibility index (Phi) is 7.39. The number of carbonyl (C=O) groups excluding carboxylic acids is 4. The smallest absolute Gasteiger partial charge is 0.294 e. The van der Waals surface area contributed by atoms with Gasteiger partial charge in [0.2, 0.25) is 5.91 Å². The SMILES string of the molecule is COc1cc(/C=C2/SC(=O)N(CC(=O)Nc3ccc(C)cc3)C2=O)ccc1O[C@H](C)C(=O)[O-]. The Bertz CT molecular complexity index is 1130. The van der Waals surface area contributed by atoms with Crippen LogP contribution in [0.15, 0.2) is 47.4 Å². The second-order valence-electron chi connectivity index (χ2n) is 7.17. The molecular weight excluding hydrogens is 448 g/mol. The van der Waals surface area contributed by atoms with E-state index in [2.05, 4.69) is 5.32 Å². The Morgan fingerprint density at radius 3 is 2.48 bits per heavy atom. The largest absolute Gasteiger partial charge is 0.546 e. The molecule has 1 saturated heterocycles. The van der Waals surface area contributed by atoms with Gasteiger partial charge in [-0.15, -0.1) is 0 Å². The molecule has 0 aromatic heterocycles. The van der Waals surface area contributed by atoms with Crippen molar-refractivity contribution in [3.63, 3.8) is 0 Å². The van der Waals surface area contributed by atoms with E-state index in [0.29, 0.717) is 11.3 Å². The van der Waals surface area contributed by atoms with Crippen LogP contribution in [0.25, 0.3) is 6.08 Å². The average molecular weight is 469 g/mol. The zero-order valence-corrected chi connectivity index (χ0v) is 18.9. The number of imide groups is 1. The number of carboxylic acid groups (broad SMARTS) is 1. The van der Waals surface area contributed by atoms with Crippen LogP contribution >= 0.6 is 11.8 Å². The Morgan fingerprint density at radius 1 is 1.15 bits per heavy atom. The van der Waals surface area contributed by atoms with Crippen molar-refractivity contribution in [2.75, 3.05) is 19.0 Å². The van der Waals surface area contributed by atoms with Gasteiger partial charge in [0, 0.05) is 5.69 Å². The number of hydrogen-bond acceptors (Lipinski definition) is 8. The molecule has 0 radical (unpaired) electrons. The van der Waals surface area contributed by atoms with Crippen LogP contribution in [-0.4, -0.2) is 47.7 Å². The van der Waals surface area contributed by atoms with Gasteiger partial charge in [-0.3, -0.25) is 19.3 Å². The number of ether oxygens (including phenoxy) is 2. The van der Waals surface area contributed by atoms with E-state index in [1.807, 2.05) is 19.1 Å². The van der Waals surface area contributed by atoms with Crippen molar-refractivity contribution >= 4 is 46.5 Å². The van der Waals surface area contributed by atoms with Crippen LogP contribution in [-0.2, 0) is 14.4 Å². The highest BCUT2D eigenvalue weighted by molar-refractivity contribution is 8.18. The summed E-state index contributed by atoms with van der Waals surface area (Å²) in [5.41, 5.74) is 2.12. The molecule has 172 valence electrons. The molecule has 1 N–H and O–H groups in total. The van der Waals surface area contributed by atoms with E-state index in [0.717, 1.165) is 22.2 Å². The summed E-state index contributed by atoms with van der Waals surface area (Å²) in [5.74, 6) is -2.02. The first kappa shape index (κ1) is 23.9. The first-order valence-corrected chi connectivity index (χ1v) is 10.7. The lowest BCUT2D eigenvalue weighted by Gasteiger charge is -2.17. The maximum Gasteiger partial charge on any atom is 0.294 e. The van der Waals surface area contributed by atoms with E-state index >= 15 is 0 Å². The normalized spacial score (nSPS) is 15.5. The summed E-state index contributed by atoms with van der Waals surface area (Å²) < 4.78 is 10.5. The summed E-state index contributed by atoms with van der Waals surface area (Å²) >= 11 is 0.720. The summed E-state index contributed by atoms with van der Waals surface area (Å²) in [5, 5.41) is 13.0. The van der Waals surface area contributed by atoms with Crippen molar-refractivity contribution in [3.05, 3.63) is 58.5 Å². The van der Waals surface area contributed by atoms with Crippen LogP contribution in [0, 0.1) is 6.92 Å². The Morgan fingerprint density at radius 2 is 1.85 bits per heavy atom. The standard InChI is InChI=1S/C23H22N2O7S/c1-13-4-7-16(8-5-13)24-20(26)12-25-21(27)19(33-23(25)30)11-15-6-9-17(18(10-15)31-3)32-14(2)22(28)29/h4-11,14H,12H2,1-3H3,(H,24,26)(H,28,29)/p-1/b19-11+/t14-/m1/s1. The molecule has 1 aliphatic heterocycles. The van der Waals surface area contributed by atoms with Crippen molar-refractivity contribution in [1.29, 1.82) is 0 Å². The minimum atomic E-state index is -1.37. The monoisotopic (exact) mass is 469 g/mol. The van der Waals surface area contributed by atoms with Gasteiger partial charge in [0.15, 0.2) is 11.5 Å². The third-order valence-electron chi connectivity index (χ3n) is 4.63. The van der Waals surface area contributed by atoms with Gasteiger partial charge in [0.05, 0.1) is 18.0 Å². The minimum absolute atomic E-state index is 0.141. The Labute approximate surface area is 194 Å². The maximum absolute atomic E-state index is 12.7. The number of carboxylic acids is 1. The van der Waals surface area contributed by atoms with Crippen molar-refractivity contribution in [2.45, 2.75) is 20.0 Å². The molecule has 0 saturated carbocycles. The maximum atomic E-state index is 12.7.